The first kappa shape index (κ1) is 12.0. The van der Waals surface area contributed by atoms with Crippen molar-refractivity contribution in [1.82, 2.24) is 0 Å². The summed E-state index contributed by atoms with van der Waals surface area (Å²) in [6.07, 6.45) is 3.29. The predicted octanol–water partition coefficient (Wildman–Crippen LogP) is 3.93. The topological polar surface area (TPSA) is 52.0 Å². The summed E-state index contributed by atoms with van der Waals surface area (Å²) in [7, 11) is 0. The third-order valence-corrected chi connectivity index (χ3v) is 3.94. The van der Waals surface area contributed by atoms with Crippen molar-refractivity contribution < 1.29 is 0 Å². The molecule has 0 saturated heterocycles. The summed E-state index contributed by atoms with van der Waals surface area (Å²) >= 11 is 0. The van der Waals surface area contributed by atoms with E-state index in [9.17, 15) is 0 Å². The summed E-state index contributed by atoms with van der Waals surface area (Å²) in [4.78, 5) is 0. The molecule has 1 aromatic carbocycles. The molecule has 0 fully saturated rings. The molecule has 2 heteroatoms. The maximum Gasteiger partial charge on any atom is 0.0627 e. The molecule has 0 spiro atoms. The highest BCUT2D eigenvalue weighted by Gasteiger charge is 2.29. The van der Waals surface area contributed by atoms with E-state index < -0.39 is 0 Å². The molecule has 0 heterocycles. The molecule has 2 rings (SSSR count). The number of allylic oxidation sites excluding steroid dienone is 2. The highest BCUT2D eigenvalue weighted by Crippen LogP contribution is 2.49. The van der Waals surface area contributed by atoms with Crippen LogP contribution in [0.1, 0.15) is 57.1 Å². The average molecular weight is 230 g/mol. The zero-order chi connectivity index (χ0) is 12.6. The van der Waals surface area contributed by atoms with Crippen LogP contribution in [0.2, 0.25) is 0 Å². The van der Waals surface area contributed by atoms with Crippen LogP contribution in [0.3, 0.4) is 0 Å². The minimum Gasteiger partial charge on any atom is -0.397 e. The molecule has 0 amide bonds. The Kier molecular flexibility index (Phi) is 3.14. The van der Waals surface area contributed by atoms with Gasteiger partial charge in [-0.25, -0.2) is 0 Å². The van der Waals surface area contributed by atoms with E-state index in [1.54, 1.807) is 5.57 Å². The summed E-state index contributed by atoms with van der Waals surface area (Å²) in [6.45, 7) is 6.68. The minimum atomic E-state index is 0.549. The van der Waals surface area contributed by atoms with E-state index in [-0.39, 0.29) is 0 Å². The van der Waals surface area contributed by atoms with Gasteiger partial charge in [0.2, 0.25) is 0 Å². The van der Waals surface area contributed by atoms with E-state index in [4.69, 9.17) is 11.5 Å². The van der Waals surface area contributed by atoms with Gasteiger partial charge in [0.15, 0.2) is 0 Å². The van der Waals surface area contributed by atoms with E-state index in [0.29, 0.717) is 11.6 Å². The lowest BCUT2D eigenvalue weighted by molar-refractivity contribution is 0.746. The molecule has 2 nitrogen and oxygen atoms in total. The standard InChI is InChI=1S/C15H22N2/c1-4-9-10(5-2)12-7-8-13(16)15(17)14(12)11(9)6-3/h7-8,10H,4-6,16-17H2,1-3H3. The quantitative estimate of drug-likeness (QED) is 0.773. The Balaban J connectivity index is 2.69. The van der Waals surface area contributed by atoms with Crippen LogP contribution in [0.15, 0.2) is 17.7 Å². The molecule has 1 unspecified atom stereocenters. The number of nitrogen functional groups attached to an aromatic ring is 2. The van der Waals surface area contributed by atoms with E-state index in [2.05, 4.69) is 26.8 Å². The van der Waals surface area contributed by atoms with Crippen molar-refractivity contribution in [3.05, 3.63) is 28.8 Å². The second-order valence-electron chi connectivity index (χ2n) is 4.70. The van der Waals surface area contributed by atoms with Crippen molar-refractivity contribution >= 4 is 16.9 Å². The maximum absolute atomic E-state index is 6.17. The van der Waals surface area contributed by atoms with Crippen molar-refractivity contribution in [1.29, 1.82) is 0 Å². The predicted molar refractivity (Wildman–Crippen MR) is 75.8 cm³/mol. The van der Waals surface area contributed by atoms with Crippen molar-refractivity contribution in [2.45, 2.75) is 46.0 Å². The van der Waals surface area contributed by atoms with Crippen LogP contribution in [0, 0.1) is 0 Å². The Labute approximate surface area is 104 Å². The van der Waals surface area contributed by atoms with Gasteiger partial charge in [-0.15, -0.1) is 0 Å². The Morgan fingerprint density at radius 3 is 2.29 bits per heavy atom. The van der Waals surface area contributed by atoms with Gasteiger partial charge in [0.25, 0.3) is 0 Å². The lowest BCUT2D eigenvalue weighted by Crippen LogP contribution is -2.01. The molecule has 1 aliphatic rings. The molecule has 1 aliphatic carbocycles. The van der Waals surface area contributed by atoms with Gasteiger partial charge >= 0.3 is 0 Å². The summed E-state index contributed by atoms with van der Waals surface area (Å²) in [5.41, 5.74) is 19.2. The second kappa shape index (κ2) is 4.44. The lowest BCUT2D eigenvalue weighted by Gasteiger charge is -2.14. The zero-order valence-electron chi connectivity index (χ0n) is 11.0. The molecule has 0 aliphatic heterocycles. The van der Waals surface area contributed by atoms with Gasteiger partial charge in [-0.2, -0.15) is 0 Å². The van der Waals surface area contributed by atoms with Gasteiger partial charge in [0, 0.05) is 11.5 Å². The molecule has 4 N–H and O–H groups in total. The van der Waals surface area contributed by atoms with Crippen molar-refractivity contribution in [2.24, 2.45) is 0 Å². The number of hydrogen-bond acceptors (Lipinski definition) is 2. The molecule has 0 radical (unpaired) electrons. The van der Waals surface area contributed by atoms with Crippen molar-refractivity contribution in [3.8, 4) is 0 Å². The Morgan fingerprint density at radius 1 is 1.06 bits per heavy atom. The molecule has 1 aromatic rings. The van der Waals surface area contributed by atoms with Gasteiger partial charge in [-0.05, 0) is 36.5 Å². The van der Waals surface area contributed by atoms with E-state index in [1.807, 2.05) is 6.07 Å². The first-order valence-electron chi connectivity index (χ1n) is 6.55. The van der Waals surface area contributed by atoms with Crippen LogP contribution in [0.4, 0.5) is 11.4 Å². The first-order valence-corrected chi connectivity index (χ1v) is 6.55. The molecule has 1 atom stereocenters. The Hall–Kier alpha value is -1.44. The molecule has 0 saturated carbocycles. The van der Waals surface area contributed by atoms with Crippen LogP contribution in [-0.2, 0) is 0 Å². The highest BCUT2D eigenvalue weighted by atomic mass is 14.7. The zero-order valence-corrected chi connectivity index (χ0v) is 11.0. The van der Waals surface area contributed by atoms with E-state index >= 15 is 0 Å². The highest BCUT2D eigenvalue weighted by molar-refractivity contribution is 5.89. The number of benzene rings is 1. The SMILES string of the molecule is CCC1=C(CC)C(CC)c2ccc(N)c(N)c21. The van der Waals surface area contributed by atoms with Crippen LogP contribution >= 0.6 is 0 Å². The average Bonchev–Trinajstić information content (AvgIpc) is 2.66. The monoisotopic (exact) mass is 230 g/mol. The summed E-state index contributed by atoms with van der Waals surface area (Å²) in [5, 5.41) is 0. The molecular formula is C15H22N2. The number of nitrogens with two attached hydrogens (primary N) is 2. The molecule has 0 aromatic heterocycles. The first-order chi connectivity index (χ1) is 8.15. The third kappa shape index (κ3) is 1.63. The number of anilines is 2. The van der Waals surface area contributed by atoms with E-state index in [0.717, 1.165) is 24.9 Å². The minimum absolute atomic E-state index is 0.549. The smallest absolute Gasteiger partial charge is 0.0627 e. The normalized spacial score (nSPS) is 18.6. The molecule has 92 valence electrons. The fourth-order valence-electron chi connectivity index (χ4n) is 3.17. The molecule has 0 bridgehead atoms. The summed E-state index contributed by atoms with van der Waals surface area (Å²) in [6, 6.07) is 4.11. The summed E-state index contributed by atoms with van der Waals surface area (Å²) in [5.74, 6) is 0.549. The van der Waals surface area contributed by atoms with Gasteiger partial charge in [-0.1, -0.05) is 32.4 Å². The number of hydrogen-bond donors (Lipinski definition) is 2. The maximum atomic E-state index is 6.17. The van der Waals surface area contributed by atoms with Gasteiger partial charge < -0.3 is 11.5 Å². The fraction of sp³-hybridized carbons (Fsp3) is 0.467. The summed E-state index contributed by atoms with van der Waals surface area (Å²) < 4.78 is 0. The number of rotatable bonds is 3. The Bertz CT molecular complexity index is 472. The Morgan fingerprint density at radius 2 is 1.76 bits per heavy atom. The van der Waals surface area contributed by atoms with Crippen LogP contribution < -0.4 is 11.5 Å². The van der Waals surface area contributed by atoms with Crippen molar-refractivity contribution in [2.75, 3.05) is 11.5 Å². The largest absolute Gasteiger partial charge is 0.397 e. The fourth-order valence-corrected chi connectivity index (χ4v) is 3.17. The van der Waals surface area contributed by atoms with Gasteiger partial charge in [-0.3, -0.25) is 0 Å². The lowest BCUT2D eigenvalue weighted by atomic mass is 9.91. The van der Waals surface area contributed by atoms with Gasteiger partial charge in [0.05, 0.1) is 11.4 Å². The van der Waals surface area contributed by atoms with E-state index in [1.165, 1.54) is 16.7 Å². The van der Waals surface area contributed by atoms with Gasteiger partial charge in [0.1, 0.15) is 0 Å². The van der Waals surface area contributed by atoms with Crippen LogP contribution in [0.25, 0.3) is 5.57 Å². The number of fused-ring (bicyclic) bond motifs is 1. The van der Waals surface area contributed by atoms with Crippen LogP contribution in [0.5, 0.6) is 0 Å². The molecule has 17 heavy (non-hydrogen) atoms. The van der Waals surface area contributed by atoms with Crippen molar-refractivity contribution in [3.63, 3.8) is 0 Å². The second-order valence-corrected chi connectivity index (χ2v) is 4.70. The third-order valence-electron chi connectivity index (χ3n) is 3.94. The molecular weight excluding hydrogens is 208 g/mol. The van der Waals surface area contributed by atoms with Crippen LogP contribution in [-0.4, -0.2) is 0 Å².